The predicted octanol–water partition coefficient (Wildman–Crippen LogP) is 5.49. The Hall–Kier alpha value is -3.93. The highest BCUT2D eigenvalue weighted by molar-refractivity contribution is 5.96. The van der Waals surface area contributed by atoms with E-state index in [0.717, 1.165) is 29.5 Å². The number of carbonyl (C=O) groups is 3. The van der Waals surface area contributed by atoms with Gasteiger partial charge in [0.25, 0.3) is 5.91 Å². The molecule has 3 aromatic rings. The summed E-state index contributed by atoms with van der Waals surface area (Å²) in [4.78, 5) is 39.9. The summed E-state index contributed by atoms with van der Waals surface area (Å²) >= 11 is 0. The number of hydrogen-bond donors (Lipinski definition) is 2. The number of nitrogens with one attached hydrogen (secondary N) is 1. The Morgan fingerprint density at radius 3 is 1.84 bits per heavy atom. The van der Waals surface area contributed by atoms with Gasteiger partial charge in [-0.25, -0.2) is 4.79 Å². The number of carboxylic acid groups (broad SMARTS) is 1. The zero-order valence-electron chi connectivity index (χ0n) is 21.8. The van der Waals surface area contributed by atoms with Gasteiger partial charge in [-0.2, -0.15) is 0 Å². The highest BCUT2D eigenvalue weighted by Gasteiger charge is 2.28. The van der Waals surface area contributed by atoms with Crippen LogP contribution in [0.3, 0.4) is 0 Å². The molecule has 0 unspecified atom stereocenters. The Morgan fingerprint density at radius 2 is 1.38 bits per heavy atom. The number of amides is 2. The van der Waals surface area contributed by atoms with Gasteiger partial charge in [-0.3, -0.25) is 9.59 Å². The number of aliphatic carboxylic acids is 1. The van der Waals surface area contributed by atoms with Crippen LogP contribution in [-0.4, -0.2) is 40.4 Å². The van der Waals surface area contributed by atoms with E-state index in [1.807, 2.05) is 77.7 Å². The molecule has 1 atom stereocenters. The van der Waals surface area contributed by atoms with E-state index in [0.29, 0.717) is 18.7 Å². The minimum atomic E-state index is -1.06. The molecule has 0 fully saturated rings. The summed E-state index contributed by atoms with van der Waals surface area (Å²) in [6, 6.07) is 25.7. The van der Waals surface area contributed by atoms with Gasteiger partial charge in [-0.05, 0) is 41.2 Å². The summed E-state index contributed by atoms with van der Waals surface area (Å²) < 4.78 is 0. The van der Waals surface area contributed by atoms with Crippen LogP contribution in [0.25, 0.3) is 0 Å². The molecule has 0 bridgehead atoms. The SMILES string of the molecule is CCCCN(Cc1ccc(C(=O)N[C@H](C(=O)O)C(C)C)cc1)C(=O)C(c1ccccc1)c1ccccc1. The number of unbranched alkanes of at least 4 members (excludes halogenated alkanes) is 1. The number of hydrogen-bond acceptors (Lipinski definition) is 3. The Bertz CT molecular complexity index is 1120. The minimum absolute atomic E-state index is 0.0360. The molecule has 2 amide bonds. The molecule has 0 saturated heterocycles. The van der Waals surface area contributed by atoms with E-state index in [2.05, 4.69) is 12.2 Å². The Kier molecular flexibility index (Phi) is 10.0. The first-order valence-electron chi connectivity index (χ1n) is 12.8. The molecule has 6 heteroatoms. The van der Waals surface area contributed by atoms with E-state index in [4.69, 9.17) is 0 Å². The normalized spacial score (nSPS) is 11.8. The molecule has 3 rings (SSSR count). The van der Waals surface area contributed by atoms with E-state index in [-0.39, 0.29) is 11.8 Å². The topological polar surface area (TPSA) is 86.7 Å². The molecule has 0 aliphatic rings. The van der Waals surface area contributed by atoms with Crippen molar-refractivity contribution in [2.75, 3.05) is 6.54 Å². The maximum atomic E-state index is 14.0. The summed E-state index contributed by atoms with van der Waals surface area (Å²) in [5.74, 6) is -2.10. The van der Waals surface area contributed by atoms with Crippen molar-refractivity contribution in [1.82, 2.24) is 10.2 Å². The van der Waals surface area contributed by atoms with Crippen molar-refractivity contribution in [3.8, 4) is 0 Å². The molecule has 0 aliphatic carbocycles. The molecule has 0 aliphatic heterocycles. The van der Waals surface area contributed by atoms with Gasteiger partial charge in [-0.1, -0.05) is 100.0 Å². The molecular weight excluding hydrogens is 464 g/mol. The third-order valence-electron chi connectivity index (χ3n) is 6.41. The zero-order valence-corrected chi connectivity index (χ0v) is 21.8. The monoisotopic (exact) mass is 500 g/mol. The molecule has 0 heterocycles. The van der Waals surface area contributed by atoms with Crippen LogP contribution in [0, 0.1) is 5.92 Å². The van der Waals surface area contributed by atoms with Crippen molar-refractivity contribution in [1.29, 1.82) is 0 Å². The van der Waals surface area contributed by atoms with Crippen molar-refractivity contribution in [2.45, 2.75) is 52.1 Å². The maximum Gasteiger partial charge on any atom is 0.326 e. The molecule has 0 radical (unpaired) electrons. The summed E-state index contributed by atoms with van der Waals surface area (Å²) in [7, 11) is 0. The molecule has 0 spiro atoms. The molecule has 2 N–H and O–H groups in total. The van der Waals surface area contributed by atoms with Crippen LogP contribution in [0.5, 0.6) is 0 Å². The second-order valence-corrected chi connectivity index (χ2v) is 9.60. The molecular formula is C31H36N2O4. The first-order chi connectivity index (χ1) is 17.8. The first-order valence-corrected chi connectivity index (χ1v) is 12.8. The van der Waals surface area contributed by atoms with E-state index >= 15 is 0 Å². The molecule has 0 saturated carbocycles. The number of carbonyl (C=O) groups excluding carboxylic acids is 2. The molecule has 37 heavy (non-hydrogen) atoms. The molecule has 3 aromatic carbocycles. The Balaban J connectivity index is 1.82. The average Bonchev–Trinajstić information content (AvgIpc) is 2.90. The lowest BCUT2D eigenvalue weighted by Crippen LogP contribution is -2.44. The summed E-state index contributed by atoms with van der Waals surface area (Å²) in [6.45, 7) is 6.65. The van der Waals surface area contributed by atoms with Gasteiger partial charge in [0.1, 0.15) is 6.04 Å². The largest absolute Gasteiger partial charge is 0.480 e. The van der Waals surface area contributed by atoms with Crippen molar-refractivity contribution in [3.05, 3.63) is 107 Å². The molecule has 0 aromatic heterocycles. The van der Waals surface area contributed by atoms with Gasteiger partial charge < -0.3 is 15.3 Å². The van der Waals surface area contributed by atoms with Crippen molar-refractivity contribution in [3.63, 3.8) is 0 Å². The first kappa shape index (κ1) is 27.7. The van der Waals surface area contributed by atoms with Crippen LogP contribution >= 0.6 is 0 Å². The lowest BCUT2D eigenvalue weighted by molar-refractivity contribution is -0.140. The van der Waals surface area contributed by atoms with Gasteiger partial charge in [0.15, 0.2) is 0 Å². The quantitative estimate of drug-likeness (QED) is 0.344. The number of carboxylic acids is 1. The fourth-order valence-electron chi connectivity index (χ4n) is 4.29. The van der Waals surface area contributed by atoms with Gasteiger partial charge in [0.2, 0.25) is 5.91 Å². The lowest BCUT2D eigenvalue weighted by Gasteiger charge is -2.28. The molecule has 6 nitrogen and oxygen atoms in total. The fourth-order valence-corrected chi connectivity index (χ4v) is 4.29. The summed E-state index contributed by atoms with van der Waals surface area (Å²) in [5, 5.41) is 11.9. The van der Waals surface area contributed by atoms with Crippen LogP contribution in [0.15, 0.2) is 84.9 Å². The second-order valence-electron chi connectivity index (χ2n) is 9.60. The van der Waals surface area contributed by atoms with Gasteiger partial charge in [-0.15, -0.1) is 0 Å². The molecule has 194 valence electrons. The fraction of sp³-hybridized carbons (Fsp3) is 0.323. The summed E-state index contributed by atoms with van der Waals surface area (Å²) in [6.07, 6.45) is 1.85. The van der Waals surface area contributed by atoms with Crippen LogP contribution in [0.1, 0.15) is 66.6 Å². The smallest absolute Gasteiger partial charge is 0.326 e. The van der Waals surface area contributed by atoms with E-state index in [9.17, 15) is 19.5 Å². The van der Waals surface area contributed by atoms with Gasteiger partial charge >= 0.3 is 5.97 Å². The van der Waals surface area contributed by atoms with Crippen molar-refractivity contribution < 1.29 is 19.5 Å². The highest BCUT2D eigenvalue weighted by Crippen LogP contribution is 2.28. The lowest BCUT2D eigenvalue weighted by atomic mass is 9.89. The van der Waals surface area contributed by atoms with Gasteiger partial charge in [0.05, 0.1) is 5.92 Å². The standard InChI is InChI=1S/C31H36N2O4/c1-4-5-20-33(30(35)27(24-12-8-6-9-13-24)25-14-10-7-11-15-25)21-23-16-18-26(19-17-23)29(34)32-28(22(2)3)31(36)37/h6-19,22,27-28H,4-5,20-21H2,1-3H3,(H,32,34)(H,36,37)/t28-/m0/s1. The van der Waals surface area contributed by atoms with Crippen molar-refractivity contribution in [2.24, 2.45) is 5.92 Å². The van der Waals surface area contributed by atoms with E-state index < -0.39 is 23.8 Å². The second kappa shape index (κ2) is 13.4. The number of nitrogens with zero attached hydrogens (tertiary/aromatic N) is 1. The zero-order chi connectivity index (χ0) is 26.8. The maximum absolute atomic E-state index is 14.0. The van der Waals surface area contributed by atoms with Crippen LogP contribution in [0.4, 0.5) is 0 Å². The van der Waals surface area contributed by atoms with Crippen LogP contribution < -0.4 is 5.32 Å². The summed E-state index contributed by atoms with van der Waals surface area (Å²) in [5.41, 5.74) is 3.18. The van der Waals surface area contributed by atoms with E-state index in [1.54, 1.807) is 26.0 Å². The highest BCUT2D eigenvalue weighted by atomic mass is 16.4. The number of benzene rings is 3. The van der Waals surface area contributed by atoms with Crippen molar-refractivity contribution >= 4 is 17.8 Å². The average molecular weight is 501 g/mol. The van der Waals surface area contributed by atoms with Crippen LogP contribution in [0.2, 0.25) is 0 Å². The predicted molar refractivity (Wildman–Crippen MR) is 145 cm³/mol. The number of rotatable bonds is 12. The Labute approximate surface area is 219 Å². The van der Waals surface area contributed by atoms with Gasteiger partial charge in [0, 0.05) is 18.7 Å². The van der Waals surface area contributed by atoms with Crippen LogP contribution in [-0.2, 0) is 16.1 Å². The minimum Gasteiger partial charge on any atom is -0.480 e. The van der Waals surface area contributed by atoms with E-state index in [1.165, 1.54) is 0 Å². The third-order valence-corrected chi connectivity index (χ3v) is 6.41. The third kappa shape index (κ3) is 7.53. The Morgan fingerprint density at radius 1 is 0.838 bits per heavy atom.